The van der Waals surface area contributed by atoms with Gasteiger partial charge in [0.2, 0.25) is 11.8 Å². The minimum atomic E-state index is -0.391. The van der Waals surface area contributed by atoms with E-state index in [1.807, 2.05) is 18.2 Å². The van der Waals surface area contributed by atoms with E-state index in [1.165, 1.54) is 11.3 Å². The molecule has 8 heteroatoms. The molecule has 25 heavy (non-hydrogen) atoms. The van der Waals surface area contributed by atoms with Gasteiger partial charge in [-0.1, -0.05) is 22.9 Å². The maximum Gasteiger partial charge on any atom is 0.231 e. The van der Waals surface area contributed by atoms with E-state index < -0.39 is 5.92 Å². The van der Waals surface area contributed by atoms with Crippen LogP contribution < -0.4 is 5.32 Å². The van der Waals surface area contributed by atoms with Gasteiger partial charge in [0.15, 0.2) is 5.13 Å². The van der Waals surface area contributed by atoms with Crippen LogP contribution in [0.4, 0.5) is 5.13 Å². The summed E-state index contributed by atoms with van der Waals surface area (Å²) in [6.45, 7) is 0.761. The van der Waals surface area contributed by atoms with Crippen molar-refractivity contribution < 1.29 is 14.0 Å². The molecule has 0 unspecified atom stereocenters. The second-order valence-electron chi connectivity index (χ2n) is 5.87. The number of nitrogens with zero attached hydrogens (tertiary/aromatic N) is 2. The van der Waals surface area contributed by atoms with E-state index in [0.29, 0.717) is 29.0 Å². The lowest BCUT2D eigenvalue weighted by atomic mass is 10.1. The number of hydrogen-bond donors (Lipinski definition) is 1. The molecular formula is C17H14ClN3O3S. The molecule has 1 aliphatic rings. The normalized spacial score (nSPS) is 17.4. The highest BCUT2D eigenvalue weighted by molar-refractivity contribution is 7.22. The van der Waals surface area contributed by atoms with E-state index in [2.05, 4.69) is 10.3 Å². The summed E-state index contributed by atoms with van der Waals surface area (Å²) in [6.07, 6.45) is 1.77. The van der Waals surface area contributed by atoms with Crippen molar-refractivity contribution in [2.24, 2.45) is 5.92 Å². The number of furan rings is 1. The van der Waals surface area contributed by atoms with Crippen molar-refractivity contribution in [1.29, 1.82) is 0 Å². The maximum atomic E-state index is 12.5. The second kappa shape index (κ2) is 6.50. The second-order valence-corrected chi connectivity index (χ2v) is 7.34. The van der Waals surface area contributed by atoms with Gasteiger partial charge in [0, 0.05) is 18.0 Å². The number of halogens is 1. The summed E-state index contributed by atoms with van der Waals surface area (Å²) in [5.41, 5.74) is 0.784. The minimum absolute atomic E-state index is 0.0485. The molecule has 1 atom stereocenters. The largest absolute Gasteiger partial charge is 0.467 e. The summed E-state index contributed by atoms with van der Waals surface area (Å²) in [6, 6.07) is 8.98. The molecule has 1 aliphatic heterocycles. The lowest BCUT2D eigenvalue weighted by molar-refractivity contribution is -0.128. The molecule has 1 saturated heterocycles. The number of carbonyl (C=O) groups excluding carboxylic acids is 2. The lowest BCUT2D eigenvalue weighted by Crippen LogP contribution is -2.27. The maximum absolute atomic E-state index is 12.5. The van der Waals surface area contributed by atoms with Gasteiger partial charge in [0.25, 0.3) is 0 Å². The van der Waals surface area contributed by atoms with Gasteiger partial charge in [-0.3, -0.25) is 9.59 Å². The first kappa shape index (κ1) is 16.1. The number of fused-ring (bicyclic) bond motifs is 1. The zero-order valence-corrected chi connectivity index (χ0v) is 14.6. The van der Waals surface area contributed by atoms with E-state index in [9.17, 15) is 9.59 Å². The number of aromatic nitrogens is 1. The van der Waals surface area contributed by atoms with Gasteiger partial charge >= 0.3 is 0 Å². The lowest BCUT2D eigenvalue weighted by Gasteiger charge is -2.14. The number of likely N-dealkylation sites (tertiary alicyclic amines) is 1. The molecule has 2 amide bonds. The van der Waals surface area contributed by atoms with Crippen LogP contribution in [0.1, 0.15) is 12.2 Å². The van der Waals surface area contributed by atoms with Crippen molar-refractivity contribution >= 4 is 50.1 Å². The van der Waals surface area contributed by atoms with E-state index in [-0.39, 0.29) is 18.2 Å². The zero-order valence-electron chi connectivity index (χ0n) is 13.1. The highest BCUT2D eigenvalue weighted by Crippen LogP contribution is 2.29. The molecule has 1 N–H and O–H groups in total. The van der Waals surface area contributed by atoms with Gasteiger partial charge in [0.05, 0.1) is 28.9 Å². The van der Waals surface area contributed by atoms with Gasteiger partial charge in [-0.15, -0.1) is 0 Å². The number of thiazole rings is 1. The molecule has 1 fully saturated rings. The molecule has 6 nitrogen and oxygen atoms in total. The van der Waals surface area contributed by atoms with Gasteiger partial charge in [-0.05, 0) is 30.3 Å². The third-order valence-electron chi connectivity index (χ3n) is 4.09. The van der Waals surface area contributed by atoms with Crippen molar-refractivity contribution in [1.82, 2.24) is 9.88 Å². The van der Waals surface area contributed by atoms with Gasteiger partial charge < -0.3 is 14.6 Å². The molecule has 128 valence electrons. The molecular weight excluding hydrogens is 362 g/mol. The molecule has 0 spiro atoms. The summed E-state index contributed by atoms with van der Waals surface area (Å²) in [5.74, 6) is 0.0728. The quantitative estimate of drug-likeness (QED) is 0.756. The average molecular weight is 376 g/mol. The van der Waals surface area contributed by atoms with Gasteiger partial charge in [-0.25, -0.2) is 4.98 Å². The van der Waals surface area contributed by atoms with Crippen LogP contribution in [0.3, 0.4) is 0 Å². The average Bonchev–Trinajstić information content (AvgIpc) is 3.28. The highest BCUT2D eigenvalue weighted by atomic mass is 35.5. The Labute approximate surface area is 152 Å². The fraction of sp³-hybridized carbons (Fsp3) is 0.235. The van der Waals surface area contributed by atoms with E-state index in [4.69, 9.17) is 16.0 Å². The van der Waals surface area contributed by atoms with E-state index in [1.54, 1.807) is 23.3 Å². The third kappa shape index (κ3) is 3.38. The third-order valence-corrected chi connectivity index (χ3v) is 5.26. The molecule has 0 radical (unpaired) electrons. The fourth-order valence-corrected chi connectivity index (χ4v) is 4.00. The van der Waals surface area contributed by atoms with Crippen molar-refractivity contribution in [3.8, 4) is 0 Å². The molecule has 2 aromatic heterocycles. The monoisotopic (exact) mass is 375 g/mol. The first-order chi connectivity index (χ1) is 12.1. The number of benzene rings is 1. The molecule has 0 saturated carbocycles. The van der Waals surface area contributed by atoms with E-state index >= 15 is 0 Å². The minimum Gasteiger partial charge on any atom is -0.467 e. The van der Waals surface area contributed by atoms with Crippen molar-refractivity contribution in [3.05, 3.63) is 47.4 Å². The predicted molar refractivity (Wildman–Crippen MR) is 95.5 cm³/mol. The summed E-state index contributed by atoms with van der Waals surface area (Å²) in [4.78, 5) is 30.6. The van der Waals surface area contributed by atoms with E-state index in [0.717, 1.165) is 10.2 Å². The number of hydrogen-bond acceptors (Lipinski definition) is 5. The van der Waals surface area contributed by atoms with Crippen LogP contribution in [0.25, 0.3) is 10.2 Å². The number of nitrogens with one attached hydrogen (secondary N) is 1. The Morgan fingerprint density at radius 3 is 3.12 bits per heavy atom. The van der Waals surface area contributed by atoms with Crippen LogP contribution in [-0.4, -0.2) is 28.2 Å². The first-order valence-corrected chi connectivity index (χ1v) is 8.95. The molecule has 0 aliphatic carbocycles. The Hall–Kier alpha value is -2.38. The molecule has 3 aromatic rings. The number of anilines is 1. The standard InChI is InChI=1S/C17H14ClN3O3S/c18-11-3-4-13-14(7-11)25-17(19-13)20-16(23)10-6-15(22)21(8-10)9-12-2-1-5-24-12/h1-5,7,10H,6,8-9H2,(H,19,20,23)/t10-/m1/s1. The van der Waals surface area contributed by atoms with Crippen molar-refractivity contribution in [3.63, 3.8) is 0 Å². The summed E-state index contributed by atoms with van der Waals surface area (Å²) in [7, 11) is 0. The smallest absolute Gasteiger partial charge is 0.231 e. The zero-order chi connectivity index (χ0) is 17.4. The Balaban J connectivity index is 1.43. The number of amides is 2. The molecule has 0 bridgehead atoms. The van der Waals surface area contributed by atoms with Crippen LogP contribution in [0.15, 0.2) is 41.0 Å². The highest BCUT2D eigenvalue weighted by Gasteiger charge is 2.35. The number of carbonyl (C=O) groups is 2. The Kier molecular flexibility index (Phi) is 4.19. The molecule has 1 aromatic carbocycles. The molecule has 4 rings (SSSR count). The molecule has 3 heterocycles. The summed E-state index contributed by atoms with van der Waals surface area (Å²) >= 11 is 7.33. The topological polar surface area (TPSA) is 75.4 Å². The number of rotatable bonds is 4. The van der Waals surface area contributed by atoms with Crippen LogP contribution in [-0.2, 0) is 16.1 Å². The SMILES string of the molecule is O=C(Nc1nc2ccc(Cl)cc2s1)[C@@H]1CC(=O)N(Cc2ccco2)C1. The Morgan fingerprint density at radius 1 is 1.44 bits per heavy atom. The van der Waals surface area contributed by atoms with Gasteiger partial charge in [0.1, 0.15) is 5.76 Å². The Morgan fingerprint density at radius 2 is 2.32 bits per heavy atom. The van der Waals surface area contributed by atoms with Crippen molar-refractivity contribution in [2.45, 2.75) is 13.0 Å². The fourth-order valence-electron chi connectivity index (χ4n) is 2.85. The Bertz CT molecular complexity index is 938. The summed E-state index contributed by atoms with van der Waals surface area (Å²) in [5, 5.41) is 3.96. The van der Waals surface area contributed by atoms with Crippen LogP contribution >= 0.6 is 22.9 Å². The van der Waals surface area contributed by atoms with Crippen LogP contribution in [0, 0.1) is 5.92 Å². The van der Waals surface area contributed by atoms with Crippen LogP contribution in [0.5, 0.6) is 0 Å². The predicted octanol–water partition coefficient (Wildman–Crippen LogP) is 3.53. The first-order valence-electron chi connectivity index (χ1n) is 7.75. The van der Waals surface area contributed by atoms with Gasteiger partial charge in [-0.2, -0.15) is 0 Å². The summed E-state index contributed by atoms with van der Waals surface area (Å²) < 4.78 is 6.17. The van der Waals surface area contributed by atoms with Crippen molar-refractivity contribution in [2.75, 3.05) is 11.9 Å². The van der Waals surface area contributed by atoms with Crippen LogP contribution in [0.2, 0.25) is 5.02 Å².